The van der Waals surface area contributed by atoms with Crippen molar-refractivity contribution in [1.82, 2.24) is 4.98 Å². The van der Waals surface area contributed by atoms with Crippen LogP contribution in [0.3, 0.4) is 0 Å². The van der Waals surface area contributed by atoms with Gasteiger partial charge in [-0.15, -0.1) is 0 Å². The van der Waals surface area contributed by atoms with E-state index in [-0.39, 0.29) is 17.8 Å². The highest BCUT2D eigenvalue weighted by Crippen LogP contribution is 2.40. The molecule has 3 heterocycles. The van der Waals surface area contributed by atoms with Gasteiger partial charge >= 0.3 is 6.18 Å². The van der Waals surface area contributed by atoms with E-state index in [1.165, 1.54) is 6.07 Å². The number of rotatable bonds is 3. The van der Waals surface area contributed by atoms with Crippen molar-refractivity contribution in [2.75, 3.05) is 18.5 Å². The number of fused-ring (bicyclic) bond motifs is 1. The molecule has 36 heavy (non-hydrogen) atoms. The Bertz CT molecular complexity index is 1350. The number of pyridine rings is 1. The fourth-order valence-corrected chi connectivity index (χ4v) is 4.65. The zero-order valence-electron chi connectivity index (χ0n) is 19.4. The van der Waals surface area contributed by atoms with Crippen molar-refractivity contribution in [1.29, 1.82) is 0 Å². The van der Waals surface area contributed by atoms with Gasteiger partial charge in [-0.2, -0.15) is 13.2 Å². The number of carbonyl (C=O) groups excluding carboxylic acids is 2. The van der Waals surface area contributed by atoms with E-state index in [1.807, 2.05) is 19.1 Å². The number of hydrogen-bond donors (Lipinski definition) is 1. The second-order valence-corrected chi connectivity index (χ2v) is 9.16. The van der Waals surface area contributed by atoms with Crippen molar-refractivity contribution in [3.8, 4) is 16.9 Å². The lowest BCUT2D eigenvalue weighted by Gasteiger charge is -2.40. The van der Waals surface area contributed by atoms with Gasteiger partial charge in [0.25, 0.3) is 5.91 Å². The molecule has 1 N–H and O–H groups in total. The molecule has 1 aromatic heterocycles. The number of ketones is 1. The molecule has 0 saturated carbocycles. The number of alkyl halides is 3. The molecule has 5 rings (SSSR count). The molecule has 2 aliphatic heterocycles. The highest BCUT2D eigenvalue weighted by atomic mass is 19.4. The average molecular weight is 496 g/mol. The third kappa shape index (κ3) is 4.70. The highest BCUT2D eigenvalue weighted by molar-refractivity contribution is 6.05. The maximum absolute atomic E-state index is 13.0. The van der Waals surface area contributed by atoms with E-state index in [9.17, 15) is 22.8 Å². The second-order valence-electron chi connectivity index (χ2n) is 9.16. The van der Waals surface area contributed by atoms with Gasteiger partial charge in [0.1, 0.15) is 17.0 Å². The number of carbonyl (C=O) groups is 2. The van der Waals surface area contributed by atoms with Crippen molar-refractivity contribution < 1.29 is 32.2 Å². The van der Waals surface area contributed by atoms with E-state index >= 15 is 0 Å². The Labute approximate surface area is 205 Å². The number of benzene rings is 2. The third-order valence-electron chi connectivity index (χ3n) is 6.50. The molecule has 1 amide bonds. The summed E-state index contributed by atoms with van der Waals surface area (Å²) in [4.78, 5) is 28.8. The largest absolute Gasteiger partial charge is 0.484 e. The van der Waals surface area contributed by atoms with Crippen LogP contribution in [-0.4, -0.2) is 35.5 Å². The van der Waals surface area contributed by atoms with Gasteiger partial charge in [-0.05, 0) is 72.9 Å². The molecule has 0 radical (unpaired) electrons. The third-order valence-corrected chi connectivity index (χ3v) is 6.50. The Morgan fingerprint density at radius 2 is 1.92 bits per heavy atom. The van der Waals surface area contributed by atoms with E-state index in [0.717, 1.165) is 35.7 Å². The van der Waals surface area contributed by atoms with Crippen LogP contribution in [0.15, 0.2) is 54.7 Å². The van der Waals surface area contributed by atoms with Crippen LogP contribution in [0.5, 0.6) is 5.75 Å². The fourth-order valence-electron chi connectivity index (χ4n) is 4.65. The Morgan fingerprint density at radius 3 is 2.67 bits per heavy atom. The molecule has 0 bridgehead atoms. The van der Waals surface area contributed by atoms with Crippen LogP contribution in [0.2, 0.25) is 0 Å². The molecule has 9 heteroatoms. The van der Waals surface area contributed by atoms with Crippen molar-refractivity contribution in [3.63, 3.8) is 0 Å². The van der Waals surface area contributed by atoms with Crippen LogP contribution in [-0.2, 0) is 10.9 Å². The minimum atomic E-state index is -4.65. The van der Waals surface area contributed by atoms with Gasteiger partial charge in [0.15, 0.2) is 5.78 Å². The zero-order chi connectivity index (χ0) is 25.5. The summed E-state index contributed by atoms with van der Waals surface area (Å²) in [5.41, 5.74) is 1.49. The first-order valence-corrected chi connectivity index (χ1v) is 11.5. The quantitative estimate of drug-likeness (QED) is 0.493. The maximum atomic E-state index is 13.0. The van der Waals surface area contributed by atoms with Gasteiger partial charge in [0.05, 0.1) is 18.6 Å². The smallest absolute Gasteiger partial charge is 0.433 e. The minimum absolute atomic E-state index is 0.0154. The summed E-state index contributed by atoms with van der Waals surface area (Å²) in [6.07, 6.45) is -1.84. The van der Waals surface area contributed by atoms with Crippen LogP contribution in [0, 0.1) is 6.92 Å². The molecule has 1 fully saturated rings. The molecule has 1 spiro atoms. The summed E-state index contributed by atoms with van der Waals surface area (Å²) in [5, 5.41) is 2.65. The lowest BCUT2D eigenvalue weighted by Crippen LogP contribution is -2.48. The van der Waals surface area contributed by atoms with Crippen LogP contribution in [0.4, 0.5) is 18.9 Å². The van der Waals surface area contributed by atoms with E-state index < -0.39 is 23.4 Å². The number of aryl methyl sites for hydroxylation is 1. The van der Waals surface area contributed by atoms with Gasteiger partial charge in [0, 0.05) is 24.1 Å². The maximum Gasteiger partial charge on any atom is 0.433 e. The van der Waals surface area contributed by atoms with E-state index in [4.69, 9.17) is 9.47 Å². The van der Waals surface area contributed by atoms with Gasteiger partial charge in [0.2, 0.25) is 0 Å². The number of nitrogens with one attached hydrogen (secondary N) is 1. The molecule has 2 aromatic carbocycles. The van der Waals surface area contributed by atoms with Gasteiger partial charge in [-0.3, -0.25) is 14.6 Å². The molecule has 186 valence electrons. The molecular weight excluding hydrogens is 473 g/mol. The van der Waals surface area contributed by atoms with Crippen LogP contribution >= 0.6 is 0 Å². The standard InChI is InChI=1S/C27H23F3N2O4/c1-16-3-5-19(32-25(34)18-7-9-31-24(12-18)27(28,29)30)13-21(16)17-4-6-20-22(33)14-26(36-23(20)11-17)8-2-10-35-15-26/h3-7,9,11-13H,2,8,10,14-15H2,1H3,(H,32,34). The lowest BCUT2D eigenvalue weighted by atomic mass is 9.85. The summed E-state index contributed by atoms with van der Waals surface area (Å²) in [7, 11) is 0. The molecule has 1 atom stereocenters. The fraction of sp³-hybridized carbons (Fsp3) is 0.296. The summed E-state index contributed by atoms with van der Waals surface area (Å²) in [5.74, 6) is -0.169. The van der Waals surface area contributed by atoms with Crippen LogP contribution in [0.1, 0.15) is 51.2 Å². The number of hydrogen-bond acceptors (Lipinski definition) is 5. The average Bonchev–Trinajstić information content (AvgIpc) is 2.85. The predicted octanol–water partition coefficient (Wildman–Crippen LogP) is 5.84. The minimum Gasteiger partial charge on any atom is -0.484 e. The van der Waals surface area contributed by atoms with Gasteiger partial charge < -0.3 is 14.8 Å². The number of aromatic nitrogens is 1. The first-order valence-electron chi connectivity index (χ1n) is 11.5. The van der Waals surface area contributed by atoms with E-state index in [0.29, 0.717) is 36.3 Å². The van der Waals surface area contributed by atoms with Crippen molar-refractivity contribution in [2.24, 2.45) is 0 Å². The number of ether oxygens (including phenoxy) is 2. The number of nitrogens with zero attached hydrogens (tertiary/aromatic N) is 1. The Hall–Kier alpha value is -3.72. The normalized spacial score (nSPS) is 19.5. The summed E-state index contributed by atoms with van der Waals surface area (Å²) in [6, 6.07) is 12.5. The molecule has 6 nitrogen and oxygen atoms in total. The van der Waals surface area contributed by atoms with Crippen molar-refractivity contribution >= 4 is 17.4 Å². The molecule has 2 aliphatic rings. The molecule has 1 saturated heterocycles. The topological polar surface area (TPSA) is 77.5 Å². The SMILES string of the molecule is Cc1ccc(NC(=O)c2ccnc(C(F)(F)F)c2)cc1-c1ccc2c(c1)OC1(CCCOC1)CC2=O. The summed E-state index contributed by atoms with van der Waals surface area (Å²) in [6.45, 7) is 2.93. The molecule has 0 aliphatic carbocycles. The number of Topliss-reactive ketones (excluding diaryl/α,β-unsaturated/α-hetero) is 1. The first kappa shape index (κ1) is 24.0. The van der Waals surface area contributed by atoms with E-state index in [1.54, 1.807) is 24.3 Å². The Balaban J connectivity index is 1.42. The first-order chi connectivity index (χ1) is 17.1. The monoisotopic (exact) mass is 496 g/mol. The summed E-state index contributed by atoms with van der Waals surface area (Å²) >= 11 is 0. The number of anilines is 1. The van der Waals surface area contributed by atoms with Gasteiger partial charge in [-0.1, -0.05) is 12.1 Å². The van der Waals surface area contributed by atoms with Crippen molar-refractivity contribution in [3.05, 3.63) is 77.1 Å². The van der Waals surface area contributed by atoms with Crippen LogP contribution in [0.25, 0.3) is 11.1 Å². The van der Waals surface area contributed by atoms with Gasteiger partial charge in [-0.25, -0.2) is 0 Å². The highest BCUT2D eigenvalue weighted by Gasteiger charge is 2.42. The molecule has 3 aromatic rings. The second kappa shape index (κ2) is 9.05. The molecule has 1 unspecified atom stereocenters. The predicted molar refractivity (Wildman–Crippen MR) is 126 cm³/mol. The lowest BCUT2D eigenvalue weighted by molar-refractivity contribution is -0.141. The number of halogens is 3. The number of amides is 1. The Kier molecular flexibility index (Phi) is 6.04. The van der Waals surface area contributed by atoms with Crippen molar-refractivity contribution in [2.45, 2.75) is 38.0 Å². The zero-order valence-corrected chi connectivity index (χ0v) is 19.4. The summed E-state index contributed by atoms with van der Waals surface area (Å²) < 4.78 is 50.8. The van der Waals surface area contributed by atoms with Crippen LogP contribution < -0.4 is 10.1 Å². The molecular formula is C27H23F3N2O4. The van der Waals surface area contributed by atoms with E-state index in [2.05, 4.69) is 10.3 Å². The Morgan fingerprint density at radius 1 is 1.08 bits per heavy atom.